The minimum atomic E-state index is 0.448. The molecule has 0 bridgehead atoms. The van der Waals surface area contributed by atoms with Crippen molar-refractivity contribution in [2.24, 2.45) is 0 Å². The third-order valence-electron chi connectivity index (χ3n) is 3.45. The zero-order chi connectivity index (χ0) is 17.5. The van der Waals surface area contributed by atoms with Crippen LogP contribution in [0.15, 0.2) is 40.9 Å². The molecule has 1 N–H and O–H groups in total. The highest BCUT2D eigenvalue weighted by Gasteiger charge is 2.06. The van der Waals surface area contributed by atoms with Crippen LogP contribution in [-0.2, 0) is 13.2 Å². The lowest BCUT2D eigenvalue weighted by Crippen LogP contribution is -2.26. The van der Waals surface area contributed by atoms with E-state index in [0.29, 0.717) is 16.7 Å². The molecule has 2 aromatic carbocycles. The van der Waals surface area contributed by atoms with Crippen LogP contribution in [-0.4, -0.2) is 32.1 Å². The Labute approximate surface area is 162 Å². The quantitative estimate of drug-likeness (QED) is 0.596. The van der Waals surface area contributed by atoms with Crippen LogP contribution in [0.2, 0.25) is 10.0 Å². The summed E-state index contributed by atoms with van der Waals surface area (Å²) >= 11 is 15.5. The first kappa shape index (κ1) is 19.5. The molecule has 130 valence electrons. The molecule has 0 heterocycles. The molecule has 0 amide bonds. The SMILES string of the molecule is CN(C)CCNCc1cc(Br)ccc1OCc1ccc(Cl)c(Cl)c1. The molecule has 0 atom stereocenters. The second-order valence-corrected chi connectivity index (χ2v) is 7.50. The van der Waals surface area contributed by atoms with Gasteiger partial charge >= 0.3 is 0 Å². The summed E-state index contributed by atoms with van der Waals surface area (Å²) in [6.07, 6.45) is 0. The first-order valence-corrected chi connectivity index (χ1v) is 9.21. The average Bonchev–Trinajstić information content (AvgIpc) is 2.53. The van der Waals surface area contributed by atoms with Crippen LogP contribution in [0.4, 0.5) is 0 Å². The monoisotopic (exact) mass is 430 g/mol. The van der Waals surface area contributed by atoms with E-state index in [0.717, 1.165) is 41.0 Å². The van der Waals surface area contributed by atoms with Crippen LogP contribution < -0.4 is 10.1 Å². The van der Waals surface area contributed by atoms with Crippen LogP contribution in [0.5, 0.6) is 5.75 Å². The van der Waals surface area contributed by atoms with Gasteiger partial charge < -0.3 is 15.0 Å². The minimum absolute atomic E-state index is 0.448. The Hall–Kier alpha value is -0.780. The number of benzene rings is 2. The molecule has 0 fully saturated rings. The van der Waals surface area contributed by atoms with Gasteiger partial charge in [0.05, 0.1) is 10.0 Å². The summed E-state index contributed by atoms with van der Waals surface area (Å²) < 4.78 is 7.01. The fraction of sp³-hybridized carbons (Fsp3) is 0.333. The Morgan fingerprint density at radius 1 is 1.08 bits per heavy atom. The number of nitrogens with zero attached hydrogens (tertiary/aromatic N) is 1. The van der Waals surface area contributed by atoms with Gasteiger partial charge in [-0.1, -0.05) is 45.2 Å². The predicted molar refractivity (Wildman–Crippen MR) is 105 cm³/mol. The van der Waals surface area contributed by atoms with Crippen molar-refractivity contribution < 1.29 is 4.74 Å². The maximum absolute atomic E-state index is 6.05. The summed E-state index contributed by atoms with van der Waals surface area (Å²) in [7, 11) is 4.12. The Bertz CT molecular complexity index is 680. The molecule has 0 aromatic heterocycles. The highest BCUT2D eigenvalue weighted by molar-refractivity contribution is 9.10. The van der Waals surface area contributed by atoms with Gasteiger partial charge in [0, 0.05) is 29.7 Å². The topological polar surface area (TPSA) is 24.5 Å². The van der Waals surface area contributed by atoms with Crippen LogP contribution in [0.1, 0.15) is 11.1 Å². The molecule has 0 spiro atoms. The van der Waals surface area contributed by atoms with E-state index < -0.39 is 0 Å². The highest BCUT2D eigenvalue weighted by atomic mass is 79.9. The third-order valence-corrected chi connectivity index (χ3v) is 4.68. The summed E-state index contributed by atoms with van der Waals surface area (Å²) in [5, 5.41) is 4.53. The molecule has 24 heavy (non-hydrogen) atoms. The molecule has 0 unspecified atom stereocenters. The average molecular weight is 432 g/mol. The smallest absolute Gasteiger partial charge is 0.124 e. The summed E-state index contributed by atoms with van der Waals surface area (Å²) in [6.45, 7) is 3.12. The number of halogens is 3. The van der Waals surface area contributed by atoms with Crippen molar-refractivity contribution in [3.63, 3.8) is 0 Å². The zero-order valence-electron chi connectivity index (χ0n) is 13.8. The minimum Gasteiger partial charge on any atom is -0.489 e. The van der Waals surface area contributed by atoms with E-state index in [1.807, 2.05) is 24.3 Å². The molecule has 0 radical (unpaired) electrons. The first-order valence-electron chi connectivity index (χ1n) is 7.66. The van der Waals surface area contributed by atoms with E-state index in [-0.39, 0.29) is 0 Å². The number of hydrogen-bond donors (Lipinski definition) is 1. The second-order valence-electron chi connectivity index (χ2n) is 5.77. The fourth-order valence-electron chi connectivity index (χ4n) is 2.14. The highest BCUT2D eigenvalue weighted by Crippen LogP contribution is 2.26. The van der Waals surface area contributed by atoms with Gasteiger partial charge in [0.1, 0.15) is 12.4 Å². The first-order chi connectivity index (χ1) is 11.5. The number of nitrogens with one attached hydrogen (secondary N) is 1. The van der Waals surface area contributed by atoms with Crippen LogP contribution in [0.25, 0.3) is 0 Å². The van der Waals surface area contributed by atoms with Gasteiger partial charge in [0.25, 0.3) is 0 Å². The zero-order valence-corrected chi connectivity index (χ0v) is 16.9. The van der Waals surface area contributed by atoms with E-state index in [2.05, 4.69) is 46.3 Å². The molecule has 0 aliphatic carbocycles. The van der Waals surface area contributed by atoms with Crippen molar-refractivity contribution in [2.45, 2.75) is 13.2 Å². The summed E-state index contributed by atoms with van der Waals surface area (Å²) in [5.41, 5.74) is 2.10. The number of rotatable bonds is 8. The van der Waals surface area contributed by atoms with Gasteiger partial charge in [-0.2, -0.15) is 0 Å². The van der Waals surface area contributed by atoms with Gasteiger partial charge in [-0.25, -0.2) is 0 Å². The lowest BCUT2D eigenvalue weighted by Gasteiger charge is -2.14. The van der Waals surface area contributed by atoms with Gasteiger partial charge in [-0.3, -0.25) is 0 Å². The van der Waals surface area contributed by atoms with E-state index in [1.54, 1.807) is 6.07 Å². The Morgan fingerprint density at radius 2 is 1.88 bits per heavy atom. The molecule has 3 nitrogen and oxygen atoms in total. The van der Waals surface area contributed by atoms with E-state index in [9.17, 15) is 0 Å². The molecular formula is C18H21BrCl2N2O. The maximum atomic E-state index is 6.05. The van der Waals surface area contributed by atoms with Crippen molar-refractivity contribution in [3.8, 4) is 5.75 Å². The largest absolute Gasteiger partial charge is 0.489 e. The molecule has 2 rings (SSSR count). The predicted octanol–water partition coefficient (Wildman–Crippen LogP) is 4.99. The van der Waals surface area contributed by atoms with E-state index in [1.165, 1.54) is 0 Å². The normalized spacial score (nSPS) is 11.1. The third kappa shape index (κ3) is 6.26. The second kappa shape index (κ2) is 9.64. The van der Waals surface area contributed by atoms with Crippen LogP contribution in [0.3, 0.4) is 0 Å². The van der Waals surface area contributed by atoms with Gasteiger partial charge in [-0.15, -0.1) is 0 Å². The fourth-order valence-corrected chi connectivity index (χ4v) is 2.87. The molecule has 0 saturated heterocycles. The number of hydrogen-bond acceptors (Lipinski definition) is 3. The van der Waals surface area contributed by atoms with Crippen molar-refractivity contribution in [2.75, 3.05) is 27.2 Å². The Morgan fingerprint density at radius 3 is 2.58 bits per heavy atom. The summed E-state index contributed by atoms with van der Waals surface area (Å²) in [4.78, 5) is 2.15. The van der Waals surface area contributed by atoms with Gasteiger partial charge in [0.15, 0.2) is 0 Å². The van der Waals surface area contributed by atoms with E-state index >= 15 is 0 Å². The molecule has 6 heteroatoms. The lowest BCUT2D eigenvalue weighted by atomic mass is 10.2. The van der Waals surface area contributed by atoms with Crippen LogP contribution >= 0.6 is 39.1 Å². The van der Waals surface area contributed by atoms with Gasteiger partial charge in [-0.05, 0) is 50.0 Å². The maximum Gasteiger partial charge on any atom is 0.124 e. The molecule has 2 aromatic rings. The Kier molecular flexibility index (Phi) is 7.85. The van der Waals surface area contributed by atoms with Gasteiger partial charge in [0.2, 0.25) is 0 Å². The van der Waals surface area contributed by atoms with Crippen molar-refractivity contribution in [1.82, 2.24) is 10.2 Å². The Balaban J connectivity index is 1.99. The molecule has 0 aliphatic heterocycles. The molecular weight excluding hydrogens is 411 g/mol. The van der Waals surface area contributed by atoms with Crippen LogP contribution in [0, 0.1) is 0 Å². The van der Waals surface area contributed by atoms with Crippen molar-refractivity contribution in [3.05, 3.63) is 62.0 Å². The number of ether oxygens (including phenoxy) is 1. The standard InChI is InChI=1S/C18H21BrCl2N2O/c1-23(2)8-7-22-11-14-10-15(19)4-6-18(14)24-12-13-3-5-16(20)17(21)9-13/h3-6,9-10,22H,7-8,11-12H2,1-2H3. The molecule has 0 saturated carbocycles. The van der Waals surface area contributed by atoms with E-state index in [4.69, 9.17) is 27.9 Å². The summed E-state index contributed by atoms with van der Waals surface area (Å²) in [6, 6.07) is 11.6. The molecule has 0 aliphatic rings. The number of likely N-dealkylation sites (N-methyl/N-ethyl adjacent to an activating group) is 1. The van der Waals surface area contributed by atoms with Crippen molar-refractivity contribution in [1.29, 1.82) is 0 Å². The summed E-state index contributed by atoms with van der Waals surface area (Å²) in [5.74, 6) is 0.863. The lowest BCUT2D eigenvalue weighted by molar-refractivity contribution is 0.301. The van der Waals surface area contributed by atoms with Crippen molar-refractivity contribution >= 4 is 39.1 Å².